The van der Waals surface area contributed by atoms with Gasteiger partial charge < -0.3 is 0 Å². The topological polar surface area (TPSA) is 12.0 Å². The van der Waals surface area contributed by atoms with Crippen LogP contribution in [0.15, 0.2) is 72.8 Å². The molecule has 4 atom stereocenters. The predicted octanol–water partition coefficient (Wildman–Crippen LogP) is 5.81. The van der Waals surface area contributed by atoms with Crippen LogP contribution in [-0.2, 0) is 22.9 Å². The van der Waals surface area contributed by atoms with Crippen molar-refractivity contribution in [1.82, 2.24) is 5.32 Å². The van der Waals surface area contributed by atoms with E-state index in [1.807, 2.05) is 12.1 Å². The van der Waals surface area contributed by atoms with Crippen molar-refractivity contribution < 1.29 is 4.39 Å². The lowest BCUT2D eigenvalue weighted by molar-refractivity contribution is 0.264. The summed E-state index contributed by atoms with van der Waals surface area (Å²) in [5, 5.41) is 4.06. The summed E-state index contributed by atoms with van der Waals surface area (Å²) in [6.07, 6.45) is 3.32. The third-order valence-corrected chi connectivity index (χ3v) is 7.91. The molecule has 0 saturated heterocycles. The molecule has 0 aromatic heterocycles. The van der Waals surface area contributed by atoms with Gasteiger partial charge in [-0.2, -0.15) is 0 Å². The Hall–Kier alpha value is -2.45. The molecule has 2 heterocycles. The van der Waals surface area contributed by atoms with Crippen LogP contribution in [0.1, 0.15) is 54.5 Å². The number of hydrogen-bond acceptors (Lipinski definition) is 1. The maximum atomic E-state index is 13.5. The highest BCUT2D eigenvalue weighted by molar-refractivity contribution is 5.57. The molecule has 3 aromatic carbocycles. The largest absolute Gasteiger partial charge is 0.294 e. The summed E-state index contributed by atoms with van der Waals surface area (Å²) in [6, 6.07) is 25.1. The molecule has 2 bridgehead atoms. The number of nitrogens with one attached hydrogen (secondary N) is 1. The Balaban J connectivity index is 1.55. The van der Waals surface area contributed by atoms with Crippen LogP contribution >= 0.6 is 0 Å². The normalized spacial score (nSPS) is 33.8. The smallest absolute Gasteiger partial charge is 0.123 e. The number of fused-ring (bicyclic) bond motifs is 9. The monoisotopic (exact) mass is 383 g/mol. The molecule has 6 rings (SSSR count). The van der Waals surface area contributed by atoms with E-state index in [2.05, 4.69) is 67.7 Å². The average molecular weight is 384 g/mol. The van der Waals surface area contributed by atoms with E-state index in [-0.39, 0.29) is 22.3 Å². The van der Waals surface area contributed by atoms with Crippen molar-refractivity contribution in [2.24, 2.45) is 5.92 Å². The summed E-state index contributed by atoms with van der Waals surface area (Å²) in [5.74, 6) is 0.469. The lowest BCUT2D eigenvalue weighted by atomic mass is 9.75. The van der Waals surface area contributed by atoms with Gasteiger partial charge >= 0.3 is 0 Å². The number of halogens is 1. The minimum Gasteiger partial charge on any atom is -0.294 e. The molecule has 1 unspecified atom stereocenters. The average Bonchev–Trinajstić information content (AvgIpc) is 3.33. The van der Waals surface area contributed by atoms with E-state index in [1.165, 1.54) is 34.2 Å². The van der Waals surface area contributed by atoms with E-state index in [9.17, 15) is 4.39 Å². The van der Waals surface area contributed by atoms with Crippen LogP contribution in [0, 0.1) is 11.7 Å². The van der Waals surface area contributed by atoms with Crippen LogP contribution in [0.2, 0.25) is 0 Å². The van der Waals surface area contributed by atoms with Gasteiger partial charge in [0.25, 0.3) is 0 Å². The zero-order valence-electron chi connectivity index (χ0n) is 17.0. The Morgan fingerprint density at radius 3 is 2.07 bits per heavy atom. The Bertz CT molecular complexity index is 1120. The second-order valence-electron chi connectivity index (χ2n) is 9.74. The summed E-state index contributed by atoms with van der Waals surface area (Å²) in [7, 11) is 0. The molecule has 2 heteroatoms. The molecule has 0 spiro atoms. The Kier molecular flexibility index (Phi) is 3.35. The summed E-state index contributed by atoms with van der Waals surface area (Å²) >= 11 is 0. The molecule has 1 saturated carbocycles. The molecule has 1 fully saturated rings. The fourth-order valence-electron chi connectivity index (χ4n) is 6.56. The minimum absolute atomic E-state index is 0.0198. The number of rotatable bonds is 2. The van der Waals surface area contributed by atoms with E-state index in [0.717, 1.165) is 12.8 Å². The molecule has 1 nitrogen and oxygen atoms in total. The van der Waals surface area contributed by atoms with Gasteiger partial charge in [0.05, 0.1) is 5.54 Å². The first-order valence-corrected chi connectivity index (χ1v) is 10.7. The highest BCUT2D eigenvalue weighted by atomic mass is 19.1. The van der Waals surface area contributed by atoms with Gasteiger partial charge in [0.1, 0.15) is 5.82 Å². The zero-order chi connectivity index (χ0) is 19.9. The lowest BCUT2D eigenvalue weighted by Crippen LogP contribution is -2.47. The summed E-state index contributed by atoms with van der Waals surface area (Å²) in [6.45, 7) is 4.73. The zero-order valence-corrected chi connectivity index (χ0v) is 17.0. The molecule has 3 aromatic rings. The van der Waals surface area contributed by atoms with Crippen molar-refractivity contribution in [3.05, 3.63) is 106 Å². The Labute approximate surface area is 172 Å². The van der Waals surface area contributed by atoms with Crippen LogP contribution in [0.5, 0.6) is 0 Å². The maximum Gasteiger partial charge on any atom is 0.123 e. The third-order valence-electron chi connectivity index (χ3n) is 7.91. The Morgan fingerprint density at radius 1 is 0.793 bits per heavy atom. The highest BCUT2D eigenvalue weighted by Gasteiger charge is 2.62. The van der Waals surface area contributed by atoms with E-state index in [4.69, 9.17) is 0 Å². The standard InChI is InChI=1S/C27H26FN/c1-25-16-19-17-27(19,15-18-11-13-20(28)14-12-18)24-10-6-5-9-23(24)26(2,29-25)22-8-4-3-7-21(22)25/h3-14,19,29H,15-17H2,1-2H3/t19-,25?,26-,27+/m1/s1. The number of hydrogen-bond donors (Lipinski definition) is 1. The maximum absolute atomic E-state index is 13.5. The van der Waals surface area contributed by atoms with Crippen molar-refractivity contribution in [2.75, 3.05) is 0 Å². The Morgan fingerprint density at radius 2 is 1.38 bits per heavy atom. The van der Waals surface area contributed by atoms with Gasteiger partial charge in [-0.3, -0.25) is 5.32 Å². The minimum atomic E-state index is -0.189. The van der Waals surface area contributed by atoms with Gasteiger partial charge in [-0.15, -0.1) is 0 Å². The highest BCUT2D eigenvalue weighted by Crippen LogP contribution is 2.65. The molecular formula is C27H26FN. The first-order chi connectivity index (χ1) is 13.9. The van der Waals surface area contributed by atoms with Gasteiger partial charge in [-0.25, -0.2) is 4.39 Å². The van der Waals surface area contributed by atoms with Crippen LogP contribution in [-0.4, -0.2) is 0 Å². The predicted molar refractivity (Wildman–Crippen MR) is 114 cm³/mol. The van der Waals surface area contributed by atoms with Gasteiger partial charge in [0, 0.05) is 11.0 Å². The van der Waals surface area contributed by atoms with E-state index < -0.39 is 0 Å². The van der Waals surface area contributed by atoms with Crippen molar-refractivity contribution in [3.8, 4) is 0 Å². The molecule has 1 N–H and O–H groups in total. The number of benzene rings is 3. The fourth-order valence-corrected chi connectivity index (χ4v) is 6.56. The van der Waals surface area contributed by atoms with Crippen molar-refractivity contribution >= 4 is 0 Å². The SMILES string of the molecule is CC12C[C@@H]3C[C@]3(Cc3ccc(F)cc3)c3ccccc3[C@](C)(N1)c1ccccc12. The van der Waals surface area contributed by atoms with Gasteiger partial charge in [-0.05, 0) is 79.0 Å². The van der Waals surface area contributed by atoms with Crippen LogP contribution in [0.3, 0.4) is 0 Å². The molecule has 2 aliphatic heterocycles. The van der Waals surface area contributed by atoms with E-state index in [1.54, 1.807) is 12.1 Å². The first-order valence-electron chi connectivity index (χ1n) is 10.7. The van der Waals surface area contributed by atoms with Crippen molar-refractivity contribution in [1.29, 1.82) is 0 Å². The molecule has 3 aliphatic rings. The van der Waals surface area contributed by atoms with Gasteiger partial charge in [0.2, 0.25) is 0 Å². The second kappa shape index (κ2) is 5.58. The molecule has 0 radical (unpaired) electrons. The molecule has 0 amide bonds. The fraction of sp³-hybridized carbons (Fsp3) is 0.333. The third kappa shape index (κ3) is 2.30. The van der Waals surface area contributed by atoms with Crippen molar-refractivity contribution in [3.63, 3.8) is 0 Å². The summed E-state index contributed by atoms with van der Waals surface area (Å²) in [5.41, 5.74) is 6.91. The molecule has 146 valence electrons. The van der Waals surface area contributed by atoms with Crippen molar-refractivity contribution in [2.45, 2.75) is 49.6 Å². The van der Waals surface area contributed by atoms with Gasteiger partial charge in [-0.1, -0.05) is 60.7 Å². The van der Waals surface area contributed by atoms with Crippen LogP contribution in [0.25, 0.3) is 0 Å². The van der Waals surface area contributed by atoms with Crippen LogP contribution in [0.4, 0.5) is 4.39 Å². The molecule has 1 aliphatic carbocycles. The second-order valence-corrected chi connectivity index (χ2v) is 9.74. The quantitative estimate of drug-likeness (QED) is 0.589. The lowest BCUT2D eigenvalue weighted by Gasteiger charge is -2.39. The first kappa shape index (κ1) is 17.4. The summed E-state index contributed by atoms with van der Waals surface area (Å²) in [4.78, 5) is 0. The summed E-state index contributed by atoms with van der Waals surface area (Å²) < 4.78 is 13.5. The van der Waals surface area contributed by atoms with Crippen LogP contribution < -0.4 is 5.32 Å². The van der Waals surface area contributed by atoms with E-state index >= 15 is 0 Å². The molecule has 29 heavy (non-hydrogen) atoms. The van der Waals surface area contributed by atoms with E-state index in [0.29, 0.717) is 5.92 Å². The van der Waals surface area contributed by atoms with Gasteiger partial charge in [0.15, 0.2) is 0 Å². The molecular weight excluding hydrogens is 357 g/mol.